The minimum Gasteiger partial charge on any atom is -0.394 e. The molecule has 1 aliphatic rings. The Morgan fingerprint density at radius 3 is 2.76 bits per heavy atom. The number of anilines is 1. The van der Waals surface area contributed by atoms with Crippen molar-refractivity contribution in [3.8, 4) is 0 Å². The van der Waals surface area contributed by atoms with Crippen LogP contribution in [0.2, 0.25) is 0 Å². The molecule has 7 nitrogen and oxygen atoms in total. The van der Waals surface area contributed by atoms with Crippen LogP contribution >= 0.6 is 0 Å². The molecule has 2 aromatic rings. The van der Waals surface area contributed by atoms with Crippen LogP contribution in [-0.4, -0.2) is 33.8 Å². The molecule has 1 heterocycles. The van der Waals surface area contributed by atoms with Crippen LogP contribution in [0.25, 0.3) is 0 Å². The topological polar surface area (TPSA) is 100 Å². The van der Waals surface area contributed by atoms with Crippen LogP contribution in [0.15, 0.2) is 28.8 Å². The van der Waals surface area contributed by atoms with Gasteiger partial charge in [-0.05, 0) is 37.0 Å². The third kappa shape index (κ3) is 5.03. The minimum absolute atomic E-state index is 0.0385. The Kier molecular flexibility index (Phi) is 5.65. The average Bonchev–Trinajstić information content (AvgIpc) is 3.37. The maximum atomic E-state index is 11.9. The highest BCUT2D eigenvalue weighted by atomic mass is 16.5. The smallest absolute Gasteiger partial charge is 0.245 e. The number of rotatable bonds is 9. The summed E-state index contributed by atoms with van der Waals surface area (Å²) in [6, 6.07) is 7.48. The summed E-state index contributed by atoms with van der Waals surface area (Å²) in [4.78, 5) is 16.3. The van der Waals surface area contributed by atoms with Gasteiger partial charge in [-0.3, -0.25) is 4.79 Å². The lowest BCUT2D eigenvalue weighted by Gasteiger charge is -2.14. The molecule has 0 bridgehead atoms. The number of aliphatic hydroxyl groups excluding tert-OH is 1. The van der Waals surface area contributed by atoms with Crippen molar-refractivity contribution in [1.82, 2.24) is 15.5 Å². The van der Waals surface area contributed by atoms with Crippen molar-refractivity contribution in [2.24, 2.45) is 0 Å². The standard InChI is InChI=1S/C18H24N4O3/c1-2-14(11-23)20-16(24)9-12-3-7-15(8-4-12)19-10-17-21-18(22-25-17)13-5-6-13/h3-4,7-8,13-14,19,23H,2,5-6,9-11H2,1H3,(H,20,24)/t14-/m1/s1. The van der Waals surface area contributed by atoms with Gasteiger partial charge in [0.25, 0.3) is 0 Å². The fourth-order valence-electron chi connectivity index (χ4n) is 2.51. The Labute approximate surface area is 146 Å². The summed E-state index contributed by atoms with van der Waals surface area (Å²) in [5.41, 5.74) is 1.85. The molecule has 3 N–H and O–H groups in total. The van der Waals surface area contributed by atoms with E-state index in [0.29, 0.717) is 31.2 Å². The summed E-state index contributed by atoms with van der Waals surface area (Å²) >= 11 is 0. The largest absolute Gasteiger partial charge is 0.394 e. The highest BCUT2D eigenvalue weighted by Crippen LogP contribution is 2.38. The van der Waals surface area contributed by atoms with Gasteiger partial charge >= 0.3 is 0 Å². The van der Waals surface area contributed by atoms with E-state index in [-0.39, 0.29) is 18.6 Å². The molecular formula is C18H24N4O3. The zero-order valence-corrected chi connectivity index (χ0v) is 14.4. The van der Waals surface area contributed by atoms with Gasteiger partial charge in [0.1, 0.15) is 0 Å². The fourth-order valence-corrected chi connectivity index (χ4v) is 2.51. The highest BCUT2D eigenvalue weighted by Gasteiger charge is 2.28. The molecule has 0 spiro atoms. The first kappa shape index (κ1) is 17.4. The maximum Gasteiger partial charge on any atom is 0.245 e. The van der Waals surface area contributed by atoms with Gasteiger partial charge in [-0.25, -0.2) is 0 Å². The maximum absolute atomic E-state index is 11.9. The van der Waals surface area contributed by atoms with Crippen LogP contribution in [0, 0.1) is 0 Å². The second-order valence-corrected chi connectivity index (χ2v) is 6.40. The van der Waals surface area contributed by atoms with Gasteiger partial charge in [-0.1, -0.05) is 24.2 Å². The van der Waals surface area contributed by atoms with Gasteiger partial charge < -0.3 is 20.3 Å². The first-order valence-electron chi connectivity index (χ1n) is 8.73. The fraction of sp³-hybridized carbons (Fsp3) is 0.500. The summed E-state index contributed by atoms with van der Waals surface area (Å²) < 4.78 is 5.23. The van der Waals surface area contributed by atoms with Crippen molar-refractivity contribution in [3.05, 3.63) is 41.5 Å². The van der Waals surface area contributed by atoms with E-state index in [0.717, 1.165) is 29.9 Å². The SMILES string of the molecule is CC[C@H](CO)NC(=O)Cc1ccc(NCc2nc(C3CC3)no2)cc1. The number of aromatic nitrogens is 2. The first-order chi connectivity index (χ1) is 12.2. The number of carbonyl (C=O) groups is 1. The second-order valence-electron chi connectivity index (χ2n) is 6.40. The molecule has 1 atom stereocenters. The number of carbonyl (C=O) groups excluding carboxylic acids is 1. The van der Waals surface area contributed by atoms with Gasteiger partial charge in [-0.15, -0.1) is 0 Å². The number of benzene rings is 1. The Hall–Kier alpha value is -2.41. The van der Waals surface area contributed by atoms with Crippen LogP contribution in [-0.2, 0) is 17.8 Å². The first-order valence-corrected chi connectivity index (χ1v) is 8.73. The third-order valence-corrected chi connectivity index (χ3v) is 4.27. The van der Waals surface area contributed by atoms with Crippen LogP contribution in [0.3, 0.4) is 0 Å². The average molecular weight is 344 g/mol. The Morgan fingerprint density at radius 1 is 1.36 bits per heavy atom. The lowest BCUT2D eigenvalue weighted by Crippen LogP contribution is -2.37. The van der Waals surface area contributed by atoms with E-state index in [9.17, 15) is 4.79 Å². The monoisotopic (exact) mass is 344 g/mol. The Balaban J connectivity index is 1.47. The van der Waals surface area contributed by atoms with E-state index in [1.54, 1.807) is 0 Å². The summed E-state index contributed by atoms with van der Waals surface area (Å²) in [5, 5.41) is 19.2. The van der Waals surface area contributed by atoms with Crippen LogP contribution in [0.4, 0.5) is 5.69 Å². The van der Waals surface area contributed by atoms with E-state index in [1.165, 1.54) is 0 Å². The zero-order chi connectivity index (χ0) is 17.6. The molecule has 0 radical (unpaired) electrons. The third-order valence-electron chi connectivity index (χ3n) is 4.27. The van der Waals surface area contributed by atoms with E-state index >= 15 is 0 Å². The van der Waals surface area contributed by atoms with Crippen LogP contribution in [0.5, 0.6) is 0 Å². The van der Waals surface area contributed by atoms with Crippen molar-refractivity contribution >= 4 is 11.6 Å². The predicted molar refractivity (Wildman–Crippen MR) is 93.1 cm³/mol. The van der Waals surface area contributed by atoms with Crippen molar-refractivity contribution in [2.75, 3.05) is 11.9 Å². The summed E-state index contributed by atoms with van der Waals surface area (Å²) in [6.45, 7) is 2.37. The van der Waals surface area contributed by atoms with Gasteiger partial charge in [-0.2, -0.15) is 4.98 Å². The molecule has 7 heteroatoms. The van der Waals surface area contributed by atoms with Crippen LogP contribution in [0.1, 0.15) is 49.4 Å². The van der Waals surface area contributed by atoms with Gasteiger partial charge in [0.2, 0.25) is 11.8 Å². The highest BCUT2D eigenvalue weighted by molar-refractivity contribution is 5.79. The summed E-state index contributed by atoms with van der Waals surface area (Å²) in [5.74, 6) is 1.80. The molecule has 0 aliphatic heterocycles. The second kappa shape index (κ2) is 8.11. The Bertz CT molecular complexity index is 691. The predicted octanol–water partition coefficient (Wildman–Crippen LogP) is 1.99. The molecule has 25 heavy (non-hydrogen) atoms. The Morgan fingerprint density at radius 2 is 2.12 bits per heavy atom. The van der Waals surface area contributed by atoms with Gasteiger partial charge in [0.05, 0.1) is 25.6 Å². The minimum atomic E-state index is -0.177. The van der Waals surface area contributed by atoms with Crippen molar-refractivity contribution in [2.45, 2.75) is 51.1 Å². The number of nitrogens with zero attached hydrogens (tertiary/aromatic N) is 2. The molecule has 1 saturated carbocycles. The molecular weight excluding hydrogens is 320 g/mol. The zero-order valence-electron chi connectivity index (χ0n) is 14.4. The van der Waals surface area contributed by atoms with E-state index in [2.05, 4.69) is 20.8 Å². The van der Waals surface area contributed by atoms with E-state index in [1.807, 2.05) is 31.2 Å². The molecule has 0 saturated heterocycles. The van der Waals surface area contributed by atoms with Crippen LogP contribution < -0.4 is 10.6 Å². The molecule has 0 unspecified atom stereocenters. The molecule has 1 aromatic carbocycles. The molecule has 1 amide bonds. The molecule has 134 valence electrons. The number of hydrogen-bond acceptors (Lipinski definition) is 6. The summed E-state index contributed by atoms with van der Waals surface area (Å²) in [7, 11) is 0. The van der Waals surface area contributed by atoms with E-state index < -0.39 is 0 Å². The molecule has 1 fully saturated rings. The molecule has 1 aliphatic carbocycles. The quantitative estimate of drug-likeness (QED) is 0.643. The number of amides is 1. The number of aliphatic hydroxyl groups is 1. The molecule has 3 rings (SSSR count). The van der Waals surface area contributed by atoms with E-state index in [4.69, 9.17) is 9.63 Å². The normalized spacial score (nSPS) is 15.0. The molecule has 1 aromatic heterocycles. The lowest BCUT2D eigenvalue weighted by atomic mass is 10.1. The van der Waals surface area contributed by atoms with Crippen molar-refractivity contribution < 1.29 is 14.4 Å². The lowest BCUT2D eigenvalue weighted by molar-refractivity contribution is -0.121. The van der Waals surface area contributed by atoms with Gasteiger partial charge in [0.15, 0.2) is 5.82 Å². The summed E-state index contributed by atoms with van der Waals surface area (Å²) in [6.07, 6.45) is 3.31. The number of hydrogen-bond donors (Lipinski definition) is 3. The number of nitrogens with one attached hydrogen (secondary N) is 2. The van der Waals surface area contributed by atoms with Crippen molar-refractivity contribution in [1.29, 1.82) is 0 Å². The van der Waals surface area contributed by atoms with Crippen molar-refractivity contribution in [3.63, 3.8) is 0 Å². The van der Waals surface area contributed by atoms with Gasteiger partial charge in [0, 0.05) is 11.6 Å².